The Morgan fingerprint density at radius 1 is 1.00 bits per heavy atom. The molecule has 0 bridgehead atoms. The number of ether oxygens (including phenoxy) is 2. The van der Waals surface area contributed by atoms with Crippen molar-refractivity contribution in [3.8, 4) is 11.5 Å². The molecule has 4 nitrogen and oxygen atoms in total. The minimum atomic E-state index is -0.358. The van der Waals surface area contributed by atoms with Crippen molar-refractivity contribution in [3.63, 3.8) is 0 Å². The summed E-state index contributed by atoms with van der Waals surface area (Å²) in [5.74, 6) is 1.99. The maximum Gasteiger partial charge on any atom is 0.336 e. The molecule has 0 saturated carbocycles. The third kappa shape index (κ3) is 2.13. The van der Waals surface area contributed by atoms with Gasteiger partial charge in [-0.2, -0.15) is 0 Å². The Labute approximate surface area is 103 Å². The van der Waals surface area contributed by atoms with E-state index in [9.17, 15) is 4.79 Å². The molecule has 0 N–H and O–H groups in total. The van der Waals surface area contributed by atoms with E-state index in [4.69, 9.17) is 13.9 Å². The molecule has 0 atom stereocenters. The van der Waals surface area contributed by atoms with Crippen molar-refractivity contribution in [2.24, 2.45) is 0 Å². The summed E-state index contributed by atoms with van der Waals surface area (Å²) in [5.41, 5.74) is 0.591. The Hall–Kier alpha value is -2.49. The standard InChI is InChI=1S/C14H10O4/c15-14-3-1-2-11(18-14)6-4-10-5-7-12-13(8-10)17-9-16-12/h1-8H,9H2. The first-order valence-electron chi connectivity index (χ1n) is 5.49. The molecule has 0 fully saturated rings. The zero-order chi connectivity index (χ0) is 12.4. The lowest BCUT2D eigenvalue weighted by Gasteiger charge is -1.97. The summed E-state index contributed by atoms with van der Waals surface area (Å²) in [5, 5.41) is 0. The fraction of sp³-hybridized carbons (Fsp3) is 0.0714. The zero-order valence-corrected chi connectivity index (χ0v) is 9.46. The number of fused-ring (bicyclic) bond motifs is 1. The average Bonchev–Trinajstić information content (AvgIpc) is 2.84. The summed E-state index contributed by atoms with van der Waals surface area (Å²) in [6.07, 6.45) is 3.58. The van der Waals surface area contributed by atoms with Crippen molar-refractivity contribution >= 4 is 12.2 Å². The van der Waals surface area contributed by atoms with Crippen molar-refractivity contribution in [3.05, 3.63) is 58.1 Å². The van der Waals surface area contributed by atoms with Gasteiger partial charge in [0.2, 0.25) is 6.79 Å². The molecule has 1 aromatic heterocycles. The first-order chi connectivity index (χ1) is 8.81. The van der Waals surface area contributed by atoms with Crippen LogP contribution in [0.25, 0.3) is 12.2 Å². The van der Waals surface area contributed by atoms with E-state index in [1.54, 1.807) is 18.2 Å². The van der Waals surface area contributed by atoms with Crippen LogP contribution in [0.3, 0.4) is 0 Å². The molecule has 90 valence electrons. The number of hydrogen-bond acceptors (Lipinski definition) is 4. The molecule has 2 heterocycles. The van der Waals surface area contributed by atoms with Gasteiger partial charge in [-0.1, -0.05) is 18.2 Å². The van der Waals surface area contributed by atoms with Crippen LogP contribution < -0.4 is 15.1 Å². The van der Waals surface area contributed by atoms with Crippen molar-refractivity contribution < 1.29 is 13.9 Å². The van der Waals surface area contributed by atoms with E-state index >= 15 is 0 Å². The second-order valence-electron chi connectivity index (χ2n) is 3.80. The van der Waals surface area contributed by atoms with Crippen LogP contribution in [0.2, 0.25) is 0 Å². The lowest BCUT2D eigenvalue weighted by atomic mass is 10.2. The average molecular weight is 242 g/mol. The SMILES string of the molecule is O=c1cccc(C=Cc2ccc3c(c2)OCO3)o1. The van der Waals surface area contributed by atoms with Gasteiger partial charge >= 0.3 is 5.63 Å². The minimum absolute atomic E-state index is 0.260. The van der Waals surface area contributed by atoms with Gasteiger partial charge < -0.3 is 13.9 Å². The number of benzene rings is 1. The highest BCUT2D eigenvalue weighted by atomic mass is 16.7. The molecule has 0 unspecified atom stereocenters. The zero-order valence-electron chi connectivity index (χ0n) is 9.46. The van der Waals surface area contributed by atoms with Crippen molar-refractivity contribution in [2.75, 3.05) is 6.79 Å². The summed E-state index contributed by atoms with van der Waals surface area (Å²) in [4.78, 5) is 11.0. The quantitative estimate of drug-likeness (QED) is 0.812. The maximum atomic E-state index is 11.0. The number of hydrogen-bond donors (Lipinski definition) is 0. The topological polar surface area (TPSA) is 48.7 Å². The Morgan fingerprint density at radius 3 is 2.78 bits per heavy atom. The lowest BCUT2D eigenvalue weighted by molar-refractivity contribution is 0.174. The van der Waals surface area contributed by atoms with Crippen molar-refractivity contribution in [2.45, 2.75) is 0 Å². The van der Waals surface area contributed by atoms with Gasteiger partial charge in [-0.3, -0.25) is 0 Å². The predicted octanol–water partition coefficient (Wildman–Crippen LogP) is 2.54. The van der Waals surface area contributed by atoms with Crippen molar-refractivity contribution in [1.82, 2.24) is 0 Å². The molecule has 3 rings (SSSR count). The molecule has 0 amide bonds. The van der Waals surface area contributed by atoms with Crippen LogP contribution >= 0.6 is 0 Å². The molecule has 1 aliphatic rings. The highest BCUT2D eigenvalue weighted by molar-refractivity contribution is 5.69. The highest BCUT2D eigenvalue weighted by Gasteiger charge is 2.12. The molecule has 0 saturated heterocycles. The molecule has 0 spiro atoms. The maximum absolute atomic E-state index is 11.0. The van der Waals surface area contributed by atoms with Gasteiger partial charge in [-0.15, -0.1) is 0 Å². The molecule has 1 aromatic carbocycles. The molecule has 0 radical (unpaired) electrons. The molecular formula is C14H10O4. The molecular weight excluding hydrogens is 232 g/mol. The summed E-state index contributed by atoms with van der Waals surface area (Å²) in [6, 6.07) is 10.4. The summed E-state index contributed by atoms with van der Waals surface area (Å²) in [7, 11) is 0. The molecule has 4 heteroatoms. The fourth-order valence-corrected chi connectivity index (χ4v) is 1.69. The second kappa shape index (κ2) is 4.41. The first kappa shape index (κ1) is 10.7. The van der Waals surface area contributed by atoms with Gasteiger partial charge in [-0.05, 0) is 29.8 Å². The molecule has 2 aromatic rings. The highest BCUT2D eigenvalue weighted by Crippen LogP contribution is 2.32. The van der Waals surface area contributed by atoms with E-state index < -0.39 is 0 Å². The molecule has 1 aliphatic heterocycles. The van der Waals surface area contributed by atoms with Gasteiger partial charge in [0.1, 0.15) is 5.76 Å². The Balaban J connectivity index is 1.86. The van der Waals surface area contributed by atoms with Gasteiger partial charge in [0.25, 0.3) is 0 Å². The van der Waals surface area contributed by atoms with Crippen LogP contribution in [-0.4, -0.2) is 6.79 Å². The van der Waals surface area contributed by atoms with Crippen LogP contribution in [-0.2, 0) is 0 Å². The monoisotopic (exact) mass is 242 g/mol. The fourth-order valence-electron chi connectivity index (χ4n) is 1.69. The third-order valence-electron chi connectivity index (χ3n) is 2.55. The van der Waals surface area contributed by atoms with E-state index in [1.807, 2.05) is 24.3 Å². The Kier molecular flexibility index (Phi) is 2.61. The third-order valence-corrected chi connectivity index (χ3v) is 2.55. The van der Waals surface area contributed by atoms with E-state index in [2.05, 4.69) is 0 Å². The van der Waals surface area contributed by atoms with E-state index in [0.717, 1.165) is 17.1 Å². The van der Waals surface area contributed by atoms with Crippen LogP contribution in [0.4, 0.5) is 0 Å². The lowest BCUT2D eigenvalue weighted by Crippen LogP contribution is -1.94. The van der Waals surface area contributed by atoms with E-state index in [0.29, 0.717) is 5.76 Å². The first-order valence-corrected chi connectivity index (χ1v) is 5.49. The van der Waals surface area contributed by atoms with Crippen LogP contribution in [0.5, 0.6) is 11.5 Å². The Morgan fingerprint density at radius 2 is 1.89 bits per heavy atom. The van der Waals surface area contributed by atoms with E-state index in [-0.39, 0.29) is 12.4 Å². The van der Waals surface area contributed by atoms with Crippen LogP contribution in [0.15, 0.2) is 45.6 Å². The van der Waals surface area contributed by atoms with Gasteiger partial charge in [0.15, 0.2) is 11.5 Å². The molecule has 18 heavy (non-hydrogen) atoms. The summed E-state index contributed by atoms with van der Waals surface area (Å²) >= 11 is 0. The predicted molar refractivity (Wildman–Crippen MR) is 66.5 cm³/mol. The second-order valence-corrected chi connectivity index (χ2v) is 3.80. The van der Waals surface area contributed by atoms with Crippen LogP contribution in [0.1, 0.15) is 11.3 Å². The molecule has 0 aliphatic carbocycles. The van der Waals surface area contributed by atoms with Crippen LogP contribution in [0, 0.1) is 0 Å². The van der Waals surface area contributed by atoms with Gasteiger partial charge in [-0.25, -0.2) is 4.79 Å². The largest absolute Gasteiger partial charge is 0.454 e. The normalized spacial score (nSPS) is 13.1. The van der Waals surface area contributed by atoms with E-state index in [1.165, 1.54) is 6.07 Å². The Bertz CT molecular complexity index is 655. The summed E-state index contributed by atoms with van der Waals surface area (Å²) < 4.78 is 15.5. The van der Waals surface area contributed by atoms with Gasteiger partial charge in [0.05, 0.1) is 0 Å². The van der Waals surface area contributed by atoms with Crippen molar-refractivity contribution in [1.29, 1.82) is 0 Å². The minimum Gasteiger partial charge on any atom is -0.454 e. The van der Waals surface area contributed by atoms with Gasteiger partial charge in [0, 0.05) is 6.07 Å². The summed E-state index contributed by atoms with van der Waals surface area (Å²) in [6.45, 7) is 0.260. The smallest absolute Gasteiger partial charge is 0.336 e. The number of rotatable bonds is 2.